The van der Waals surface area contributed by atoms with Gasteiger partial charge < -0.3 is 42.1 Å². The molecule has 0 spiro atoms. The number of carboxylic acid groups (broad SMARTS) is 3. The third-order valence-electron chi connectivity index (χ3n) is 4.41. The Kier molecular flexibility index (Phi) is 13.3. The minimum atomic E-state index is -1.47. The highest BCUT2D eigenvalue weighted by molar-refractivity contribution is 5.94. The fourth-order valence-corrected chi connectivity index (χ4v) is 2.67. The van der Waals surface area contributed by atoms with Crippen molar-refractivity contribution < 1.29 is 49.2 Å². The second-order valence-corrected chi connectivity index (χ2v) is 7.81. The number of carbonyl (C=O) groups is 6. The van der Waals surface area contributed by atoms with Gasteiger partial charge in [0.1, 0.15) is 24.2 Å². The molecule has 0 aromatic carbocycles. The van der Waals surface area contributed by atoms with Gasteiger partial charge in [0, 0.05) is 12.8 Å². The van der Waals surface area contributed by atoms with E-state index in [1.165, 1.54) is 0 Å². The predicted octanol–water partition coefficient (Wildman–Crippen LogP) is -2.38. The molecule has 188 valence electrons. The Bertz CT molecular complexity index is 727. The van der Waals surface area contributed by atoms with Crippen LogP contribution in [0.25, 0.3) is 0 Å². The molecular formula is C19H32N4O10. The molecule has 0 aliphatic heterocycles. The number of amides is 3. The Morgan fingerprint density at radius 2 is 1.12 bits per heavy atom. The predicted molar refractivity (Wildman–Crippen MR) is 112 cm³/mol. The summed E-state index contributed by atoms with van der Waals surface area (Å²) < 4.78 is 0. The molecule has 0 aliphatic rings. The molecule has 0 aliphatic carbocycles. The van der Waals surface area contributed by atoms with Crippen molar-refractivity contribution in [1.29, 1.82) is 0 Å². The van der Waals surface area contributed by atoms with Gasteiger partial charge in [0.15, 0.2) is 0 Å². The maximum atomic E-state index is 12.7. The average molecular weight is 476 g/mol. The van der Waals surface area contributed by atoms with Crippen molar-refractivity contribution in [3.8, 4) is 0 Å². The Morgan fingerprint density at radius 1 is 0.727 bits per heavy atom. The quantitative estimate of drug-likeness (QED) is 0.117. The zero-order valence-corrected chi connectivity index (χ0v) is 18.4. The Balaban J connectivity index is 5.58. The van der Waals surface area contributed by atoms with Crippen LogP contribution >= 0.6 is 0 Å². The fraction of sp³-hybridized carbons (Fsp3) is 0.684. The lowest BCUT2D eigenvalue weighted by Gasteiger charge is -2.25. The van der Waals surface area contributed by atoms with Crippen molar-refractivity contribution in [1.82, 2.24) is 16.0 Å². The molecule has 0 saturated heterocycles. The maximum absolute atomic E-state index is 12.7. The normalized spacial score (nSPS) is 14.5. The van der Waals surface area contributed by atoms with Crippen molar-refractivity contribution in [3.63, 3.8) is 0 Å². The van der Waals surface area contributed by atoms with E-state index in [1.807, 2.05) is 0 Å². The molecule has 0 heterocycles. The number of nitrogens with two attached hydrogens (primary N) is 1. The minimum absolute atomic E-state index is 0.0804. The number of aliphatic hydroxyl groups excluding tert-OH is 1. The van der Waals surface area contributed by atoms with Crippen LogP contribution < -0.4 is 21.7 Å². The number of hydrogen-bond acceptors (Lipinski definition) is 8. The van der Waals surface area contributed by atoms with E-state index in [0.717, 1.165) is 0 Å². The Labute approximate surface area is 189 Å². The molecule has 0 radical (unpaired) electrons. The first-order chi connectivity index (χ1) is 15.3. The monoisotopic (exact) mass is 476 g/mol. The summed E-state index contributed by atoms with van der Waals surface area (Å²) in [5.41, 5.74) is 5.38. The van der Waals surface area contributed by atoms with Gasteiger partial charge in [0.25, 0.3) is 0 Å². The molecule has 4 unspecified atom stereocenters. The van der Waals surface area contributed by atoms with Gasteiger partial charge in [-0.25, -0.2) is 4.79 Å². The first kappa shape index (κ1) is 29.7. The number of rotatable bonds is 16. The maximum Gasteiger partial charge on any atom is 0.326 e. The lowest BCUT2D eigenvalue weighted by molar-refractivity contribution is -0.143. The SMILES string of the molecule is CC(C)CC(NC(=O)C(CCC(=O)O)NC(=O)C(CCC(=O)O)NC(=O)C(N)CO)C(=O)O. The summed E-state index contributed by atoms with van der Waals surface area (Å²) in [5, 5.41) is 42.8. The fourth-order valence-electron chi connectivity index (χ4n) is 2.67. The van der Waals surface area contributed by atoms with Crippen LogP contribution in [0.4, 0.5) is 0 Å². The second kappa shape index (κ2) is 14.7. The first-order valence-electron chi connectivity index (χ1n) is 10.2. The summed E-state index contributed by atoms with van der Waals surface area (Å²) in [6.45, 7) is 2.73. The summed E-state index contributed by atoms with van der Waals surface area (Å²) in [6, 6.07) is -5.61. The molecule has 0 aromatic rings. The lowest BCUT2D eigenvalue weighted by Crippen LogP contribution is -2.57. The molecule has 0 aromatic heterocycles. The summed E-state index contributed by atoms with van der Waals surface area (Å²) in [7, 11) is 0. The van der Waals surface area contributed by atoms with Crippen molar-refractivity contribution in [2.24, 2.45) is 11.7 Å². The van der Waals surface area contributed by atoms with Crippen LogP contribution in [0.2, 0.25) is 0 Å². The zero-order chi connectivity index (χ0) is 25.7. The van der Waals surface area contributed by atoms with Crippen LogP contribution in [-0.4, -0.2) is 86.8 Å². The molecule has 4 atom stereocenters. The highest BCUT2D eigenvalue weighted by Gasteiger charge is 2.31. The summed E-state index contributed by atoms with van der Waals surface area (Å²) in [6.07, 6.45) is -1.77. The third kappa shape index (κ3) is 12.4. The third-order valence-corrected chi connectivity index (χ3v) is 4.41. The van der Waals surface area contributed by atoms with E-state index in [9.17, 15) is 33.9 Å². The van der Waals surface area contributed by atoms with Crippen LogP contribution in [0.15, 0.2) is 0 Å². The Hall–Kier alpha value is -3.26. The highest BCUT2D eigenvalue weighted by Crippen LogP contribution is 2.08. The van der Waals surface area contributed by atoms with Crippen molar-refractivity contribution in [2.75, 3.05) is 6.61 Å². The van der Waals surface area contributed by atoms with Crippen LogP contribution in [0.5, 0.6) is 0 Å². The van der Waals surface area contributed by atoms with E-state index < -0.39 is 85.7 Å². The van der Waals surface area contributed by atoms with E-state index in [-0.39, 0.29) is 18.8 Å². The molecule has 0 saturated carbocycles. The molecule has 14 heteroatoms. The van der Waals surface area contributed by atoms with E-state index in [1.54, 1.807) is 13.8 Å². The van der Waals surface area contributed by atoms with E-state index in [4.69, 9.17) is 21.1 Å². The molecule has 9 N–H and O–H groups in total. The number of aliphatic carboxylic acids is 3. The van der Waals surface area contributed by atoms with Crippen LogP contribution in [0.1, 0.15) is 46.0 Å². The summed E-state index contributed by atoms with van der Waals surface area (Å²) in [4.78, 5) is 70.5. The van der Waals surface area contributed by atoms with Crippen LogP contribution in [0.3, 0.4) is 0 Å². The first-order valence-corrected chi connectivity index (χ1v) is 10.2. The zero-order valence-electron chi connectivity index (χ0n) is 18.4. The van der Waals surface area contributed by atoms with Crippen molar-refractivity contribution in [2.45, 2.75) is 70.1 Å². The largest absolute Gasteiger partial charge is 0.481 e. The number of carbonyl (C=O) groups excluding carboxylic acids is 3. The van der Waals surface area contributed by atoms with Gasteiger partial charge in [-0.3, -0.25) is 24.0 Å². The minimum Gasteiger partial charge on any atom is -0.481 e. The van der Waals surface area contributed by atoms with Gasteiger partial charge in [0.05, 0.1) is 6.61 Å². The highest BCUT2D eigenvalue weighted by atomic mass is 16.4. The standard InChI is InChI=1S/C19H32N4O10/c1-9(2)7-13(19(32)33)23-18(31)12(4-6-15(27)28)22-17(30)11(3-5-14(25)26)21-16(29)10(20)8-24/h9-13,24H,3-8,20H2,1-2H3,(H,21,29)(H,22,30)(H,23,31)(H,25,26)(H,27,28)(H,32,33). The van der Waals surface area contributed by atoms with Gasteiger partial charge in [-0.05, 0) is 25.2 Å². The number of nitrogens with one attached hydrogen (secondary N) is 3. The average Bonchev–Trinajstić information content (AvgIpc) is 2.71. The summed E-state index contributed by atoms with van der Waals surface area (Å²) >= 11 is 0. The number of hydrogen-bond donors (Lipinski definition) is 8. The van der Waals surface area contributed by atoms with Crippen molar-refractivity contribution >= 4 is 35.6 Å². The topological polar surface area (TPSA) is 245 Å². The summed E-state index contributed by atoms with van der Waals surface area (Å²) in [5.74, 6) is -6.86. The van der Waals surface area contributed by atoms with Crippen molar-refractivity contribution in [3.05, 3.63) is 0 Å². The van der Waals surface area contributed by atoms with Gasteiger partial charge >= 0.3 is 17.9 Å². The van der Waals surface area contributed by atoms with E-state index in [2.05, 4.69) is 16.0 Å². The van der Waals surface area contributed by atoms with E-state index in [0.29, 0.717) is 0 Å². The molecule has 0 fully saturated rings. The van der Waals surface area contributed by atoms with Crippen LogP contribution in [0, 0.1) is 5.92 Å². The molecular weight excluding hydrogens is 444 g/mol. The molecule has 0 bridgehead atoms. The van der Waals surface area contributed by atoms with Gasteiger partial charge in [-0.2, -0.15) is 0 Å². The van der Waals surface area contributed by atoms with Gasteiger partial charge in [-0.15, -0.1) is 0 Å². The van der Waals surface area contributed by atoms with Gasteiger partial charge in [-0.1, -0.05) is 13.8 Å². The molecule has 33 heavy (non-hydrogen) atoms. The smallest absolute Gasteiger partial charge is 0.326 e. The lowest BCUT2D eigenvalue weighted by atomic mass is 10.0. The molecule has 14 nitrogen and oxygen atoms in total. The Morgan fingerprint density at radius 3 is 1.45 bits per heavy atom. The number of aliphatic hydroxyl groups is 1. The molecule has 3 amide bonds. The van der Waals surface area contributed by atoms with E-state index >= 15 is 0 Å². The van der Waals surface area contributed by atoms with Gasteiger partial charge in [0.2, 0.25) is 17.7 Å². The second-order valence-electron chi connectivity index (χ2n) is 7.81. The van der Waals surface area contributed by atoms with Crippen LogP contribution in [-0.2, 0) is 28.8 Å². The molecule has 0 rings (SSSR count). The number of carboxylic acids is 3.